The van der Waals surface area contributed by atoms with Crippen LogP contribution in [0.1, 0.15) is 58.8 Å². The van der Waals surface area contributed by atoms with Crippen LogP contribution in [0.5, 0.6) is 5.75 Å². The fourth-order valence-corrected chi connectivity index (χ4v) is 10.7. The fraction of sp³-hybridized carbons (Fsp3) is 0.396. The number of carbonyl (C=O) groups is 8. The lowest BCUT2D eigenvalue weighted by atomic mass is 10.00. The van der Waals surface area contributed by atoms with Crippen LogP contribution >= 0.6 is 44.8 Å². The van der Waals surface area contributed by atoms with Crippen molar-refractivity contribution < 1.29 is 48.6 Å². The number of halogens is 2. The molecule has 420 valence electrons. The summed E-state index contributed by atoms with van der Waals surface area (Å²) in [7, 11) is 2.07. The average molecular weight is 1150 g/mol. The van der Waals surface area contributed by atoms with Crippen LogP contribution in [-0.4, -0.2) is 137 Å². The molecule has 9 atom stereocenters. The number of phenols is 1. The number of aliphatic hydroxyl groups is 1. The van der Waals surface area contributed by atoms with Gasteiger partial charge in [0.15, 0.2) is 0 Å². The maximum atomic E-state index is 14.7. The summed E-state index contributed by atoms with van der Waals surface area (Å²) in [6, 6.07) is 14.8. The molecule has 78 heavy (non-hydrogen) atoms. The summed E-state index contributed by atoms with van der Waals surface area (Å²) < 4.78 is 0. The van der Waals surface area contributed by atoms with Crippen molar-refractivity contribution >= 4 is 92.0 Å². The Balaban J connectivity index is 1.56. The van der Waals surface area contributed by atoms with Gasteiger partial charge in [-0.05, 0) is 116 Å². The molecule has 4 aromatic rings. The Bertz CT molecular complexity index is 2680. The SMILES string of the molecule is C[C@@H](O)[C@@H]1NC(=O)[C@H](CCCCN)NC(=O)[C@@H](Cc2ccc(C(N)=O)cc2)NC(=O)[C@H](Cc2ccc(Cl)cc2)NC(=O)[C@H](NC(=O)[C@@H](N)Cc2ccc(Cl)cc2)CSSC[C@@H](C(=O)NC(CN)Cc2ccc(O)cc2)NC1=O. The molecule has 1 fully saturated rings. The maximum absolute atomic E-state index is 14.7. The Labute approximate surface area is 470 Å². The zero-order valence-corrected chi connectivity index (χ0v) is 45.9. The lowest BCUT2D eigenvalue weighted by Crippen LogP contribution is -2.62. The van der Waals surface area contributed by atoms with Crippen molar-refractivity contribution in [1.29, 1.82) is 0 Å². The summed E-state index contributed by atoms with van der Waals surface area (Å²) in [5, 5.41) is 40.7. The first-order valence-corrected chi connectivity index (χ1v) is 28.3. The van der Waals surface area contributed by atoms with Gasteiger partial charge in [-0.25, -0.2) is 0 Å². The van der Waals surface area contributed by atoms with Crippen molar-refractivity contribution in [2.75, 3.05) is 24.6 Å². The van der Waals surface area contributed by atoms with E-state index in [4.69, 9.17) is 46.1 Å². The number of benzene rings is 4. The highest BCUT2D eigenvalue weighted by Crippen LogP contribution is 2.24. The summed E-state index contributed by atoms with van der Waals surface area (Å²) >= 11 is 12.3. The van der Waals surface area contributed by atoms with E-state index in [-0.39, 0.29) is 68.0 Å². The van der Waals surface area contributed by atoms with Crippen molar-refractivity contribution in [1.82, 2.24) is 37.2 Å². The molecule has 0 aromatic heterocycles. The molecule has 0 spiro atoms. The minimum Gasteiger partial charge on any atom is -0.508 e. The molecule has 8 amide bonds. The zero-order chi connectivity index (χ0) is 56.9. The van der Waals surface area contributed by atoms with Crippen molar-refractivity contribution in [3.05, 3.63) is 135 Å². The highest BCUT2D eigenvalue weighted by atomic mass is 35.5. The van der Waals surface area contributed by atoms with Gasteiger partial charge in [-0.2, -0.15) is 0 Å². The van der Waals surface area contributed by atoms with Gasteiger partial charge in [0.05, 0.1) is 12.1 Å². The van der Waals surface area contributed by atoms with E-state index in [9.17, 15) is 48.6 Å². The number of phenolic OH excluding ortho intramolecular Hbond substituents is 1. The van der Waals surface area contributed by atoms with Crippen LogP contribution in [-0.2, 0) is 59.2 Å². The zero-order valence-electron chi connectivity index (χ0n) is 42.8. The molecule has 1 aliphatic heterocycles. The number of hydrogen-bond donors (Lipinski definition) is 13. The van der Waals surface area contributed by atoms with Crippen LogP contribution in [0.15, 0.2) is 97.1 Å². The van der Waals surface area contributed by atoms with Crippen LogP contribution in [0.3, 0.4) is 0 Å². The Morgan fingerprint density at radius 2 is 1.15 bits per heavy atom. The van der Waals surface area contributed by atoms with Crippen molar-refractivity contribution in [2.45, 2.75) is 106 Å². The predicted octanol–water partition coefficient (Wildman–Crippen LogP) is 0.653. The number of amides is 8. The van der Waals surface area contributed by atoms with Crippen LogP contribution in [0.25, 0.3) is 0 Å². The van der Waals surface area contributed by atoms with E-state index in [1.54, 1.807) is 60.7 Å². The van der Waals surface area contributed by atoms with Gasteiger partial charge in [-0.15, -0.1) is 0 Å². The number of unbranched alkanes of at least 4 members (excludes halogenated alkanes) is 1. The van der Waals surface area contributed by atoms with Crippen LogP contribution in [0.4, 0.5) is 0 Å². The first-order valence-electron chi connectivity index (χ1n) is 25.1. The molecule has 0 aliphatic carbocycles. The average Bonchev–Trinajstić information content (AvgIpc) is 3.41. The summed E-state index contributed by atoms with van der Waals surface area (Å²) in [6.07, 6.45) is -0.877. The number of primary amides is 1. The normalized spacial score (nSPS) is 21.2. The molecule has 0 radical (unpaired) electrons. The van der Waals surface area contributed by atoms with E-state index < -0.39 is 102 Å². The van der Waals surface area contributed by atoms with Gasteiger partial charge in [-0.1, -0.05) is 93.3 Å². The Morgan fingerprint density at radius 1 is 0.654 bits per heavy atom. The molecular formula is C53H67Cl2N11O10S2. The van der Waals surface area contributed by atoms with Gasteiger partial charge in [-0.3, -0.25) is 38.4 Å². The first-order chi connectivity index (χ1) is 37.2. The second kappa shape index (κ2) is 31.2. The van der Waals surface area contributed by atoms with Gasteiger partial charge < -0.3 is 70.4 Å². The topological polar surface area (TPSA) is 365 Å². The highest BCUT2D eigenvalue weighted by Gasteiger charge is 2.36. The third-order valence-electron chi connectivity index (χ3n) is 12.5. The number of nitrogens with two attached hydrogens (primary N) is 4. The monoisotopic (exact) mass is 1150 g/mol. The van der Waals surface area contributed by atoms with E-state index in [1.807, 2.05) is 0 Å². The Kier molecular flexibility index (Phi) is 25.0. The van der Waals surface area contributed by atoms with Gasteiger partial charge in [0, 0.05) is 52.5 Å². The summed E-state index contributed by atoms with van der Waals surface area (Å²) in [5.41, 5.74) is 26.4. The molecule has 1 aliphatic rings. The number of aromatic hydroxyl groups is 1. The smallest absolute Gasteiger partial charge is 0.248 e. The third kappa shape index (κ3) is 20.1. The second-order valence-corrected chi connectivity index (χ2v) is 22.2. The van der Waals surface area contributed by atoms with Gasteiger partial charge >= 0.3 is 0 Å². The minimum atomic E-state index is -1.68. The molecule has 0 bridgehead atoms. The Hall–Kier alpha value is -6.44. The molecule has 1 saturated heterocycles. The van der Waals surface area contributed by atoms with Gasteiger partial charge in [0.2, 0.25) is 47.3 Å². The lowest BCUT2D eigenvalue weighted by molar-refractivity contribution is -0.136. The van der Waals surface area contributed by atoms with E-state index >= 15 is 0 Å². The first kappa shape index (κ1) is 62.4. The Morgan fingerprint density at radius 3 is 1.71 bits per heavy atom. The third-order valence-corrected chi connectivity index (χ3v) is 15.4. The van der Waals surface area contributed by atoms with Crippen LogP contribution in [0.2, 0.25) is 10.0 Å². The predicted molar refractivity (Wildman–Crippen MR) is 301 cm³/mol. The molecule has 1 unspecified atom stereocenters. The molecule has 5 rings (SSSR count). The van der Waals surface area contributed by atoms with Gasteiger partial charge in [0.1, 0.15) is 42.0 Å². The van der Waals surface area contributed by atoms with Crippen molar-refractivity contribution in [2.24, 2.45) is 22.9 Å². The number of aliphatic hydroxyl groups excluding tert-OH is 1. The molecule has 0 saturated carbocycles. The molecular weight excluding hydrogens is 1090 g/mol. The molecule has 4 aromatic carbocycles. The number of hydrogen-bond acceptors (Lipinski definition) is 15. The largest absolute Gasteiger partial charge is 0.508 e. The van der Waals surface area contributed by atoms with E-state index in [0.717, 1.165) is 27.2 Å². The van der Waals surface area contributed by atoms with E-state index in [0.29, 0.717) is 39.6 Å². The molecule has 25 heteroatoms. The van der Waals surface area contributed by atoms with E-state index in [1.165, 1.54) is 43.3 Å². The summed E-state index contributed by atoms with van der Waals surface area (Å²) in [5.74, 6) is -6.86. The lowest BCUT2D eigenvalue weighted by Gasteiger charge is -2.29. The van der Waals surface area contributed by atoms with E-state index in [2.05, 4.69) is 37.2 Å². The maximum Gasteiger partial charge on any atom is 0.248 e. The number of nitrogens with one attached hydrogen (secondary N) is 7. The standard InChI is InChI=1S/C53H67Cl2N11O10S2/c1-29(67)45-53(76)65-43(51(74)60-37(26-57)22-30-11-19-38(68)20-12-30)27-77-78-28-44(64-47(70)39(58)23-31-7-15-35(54)16-8-31)52(75)63-42(25-33-9-17-36(55)18-10-33)50(73)62-41(24-32-5-13-34(14-6-32)46(59)69)49(72)61-40(48(71)66-45)4-2-3-21-56/h5-20,29,37,39-45,67-68H,2-4,21-28,56-58H2,1H3,(H2,59,69)(H,60,74)(H,61,72)(H,62,73)(H,63,75)(H,64,70)(H,65,76)(H,66,71)/t29-,37?,39+,40+,41-,42+,43+,44-,45+/m1/s1. The van der Waals surface area contributed by atoms with Crippen molar-refractivity contribution in [3.63, 3.8) is 0 Å². The van der Waals surface area contributed by atoms with Crippen molar-refractivity contribution in [3.8, 4) is 5.75 Å². The summed E-state index contributed by atoms with van der Waals surface area (Å²) in [6.45, 7) is 1.46. The van der Waals surface area contributed by atoms with Gasteiger partial charge in [0.25, 0.3) is 0 Å². The van der Waals surface area contributed by atoms with Crippen LogP contribution < -0.4 is 60.2 Å². The molecule has 21 nitrogen and oxygen atoms in total. The minimum absolute atomic E-state index is 0.0109. The van der Waals surface area contributed by atoms with Crippen LogP contribution in [0, 0.1) is 0 Å². The highest BCUT2D eigenvalue weighted by molar-refractivity contribution is 8.76. The molecule has 17 N–H and O–H groups in total. The second-order valence-electron chi connectivity index (χ2n) is 18.7. The molecule has 1 heterocycles. The fourth-order valence-electron chi connectivity index (χ4n) is 8.07. The summed E-state index contributed by atoms with van der Waals surface area (Å²) in [4.78, 5) is 113. The quantitative estimate of drug-likeness (QED) is 0.0453. The number of rotatable bonds is 19. The number of carbonyl (C=O) groups excluding carboxylic acids is 8.